The number of halogens is 4. The number of pyridine rings is 1. The lowest BCUT2D eigenvalue weighted by atomic mass is 10.2. The number of benzene rings is 1. The van der Waals surface area contributed by atoms with Gasteiger partial charge in [-0.3, -0.25) is 4.98 Å². The smallest absolute Gasteiger partial charge is 0.378 e. The van der Waals surface area contributed by atoms with Gasteiger partial charge in [-0.05, 0) is 52.7 Å². The highest BCUT2D eigenvalue weighted by Gasteiger charge is 2.30. The van der Waals surface area contributed by atoms with Crippen LogP contribution in [-0.4, -0.2) is 4.98 Å². The third-order valence-electron chi connectivity index (χ3n) is 2.73. The second-order valence-corrected chi connectivity index (χ2v) is 5.23. The molecule has 0 saturated carbocycles. The molecule has 0 bridgehead atoms. The molecule has 1 aromatic carbocycles. The van der Waals surface area contributed by atoms with Gasteiger partial charge in [0.05, 0.1) is 17.8 Å². The van der Waals surface area contributed by atoms with Crippen molar-refractivity contribution in [2.45, 2.75) is 19.6 Å². The van der Waals surface area contributed by atoms with E-state index in [0.29, 0.717) is 16.7 Å². The molecule has 2 aromatic rings. The molecule has 0 spiro atoms. The first-order chi connectivity index (χ1) is 9.36. The number of aryl methyl sites for hydroxylation is 1. The van der Waals surface area contributed by atoms with Crippen LogP contribution in [0, 0.1) is 6.92 Å². The van der Waals surface area contributed by atoms with Crippen molar-refractivity contribution in [3.05, 3.63) is 57.8 Å². The average molecular weight is 345 g/mol. The Bertz CT molecular complexity index is 594. The lowest BCUT2D eigenvalue weighted by molar-refractivity contribution is -0.137. The van der Waals surface area contributed by atoms with E-state index in [1.807, 2.05) is 19.1 Å². The fraction of sp³-hybridized carbons (Fsp3) is 0.214. The Balaban J connectivity index is 2.14. The van der Waals surface area contributed by atoms with Gasteiger partial charge in [-0.15, -0.1) is 0 Å². The predicted molar refractivity (Wildman–Crippen MR) is 75.4 cm³/mol. The molecule has 0 amide bonds. The molecule has 20 heavy (non-hydrogen) atoms. The molecule has 2 rings (SSSR count). The molecular formula is C14H12BrF3N2. The van der Waals surface area contributed by atoms with Crippen molar-refractivity contribution in [2.75, 3.05) is 5.32 Å². The Kier molecular flexibility index (Phi) is 4.32. The monoisotopic (exact) mass is 344 g/mol. The second-order valence-electron chi connectivity index (χ2n) is 4.37. The SMILES string of the molecule is Cc1ccc(CNc2cc(C(F)(F)F)ccc2Br)nc1. The lowest BCUT2D eigenvalue weighted by Gasteiger charge is -2.12. The molecule has 2 nitrogen and oxygen atoms in total. The Hall–Kier alpha value is -1.56. The zero-order valence-electron chi connectivity index (χ0n) is 10.6. The highest BCUT2D eigenvalue weighted by atomic mass is 79.9. The number of hydrogen-bond donors (Lipinski definition) is 1. The minimum absolute atomic E-state index is 0.361. The maximum absolute atomic E-state index is 12.7. The third-order valence-corrected chi connectivity index (χ3v) is 3.42. The first-order valence-corrected chi connectivity index (χ1v) is 6.68. The summed E-state index contributed by atoms with van der Waals surface area (Å²) >= 11 is 3.23. The molecule has 1 N–H and O–H groups in total. The summed E-state index contributed by atoms with van der Waals surface area (Å²) in [6, 6.07) is 7.25. The standard InChI is InChI=1S/C14H12BrF3N2/c1-9-2-4-11(19-7-9)8-20-13-6-10(14(16,17)18)3-5-12(13)15/h2-7,20H,8H2,1H3. The second kappa shape index (κ2) is 5.83. The van der Waals surface area contributed by atoms with Gasteiger partial charge in [0.1, 0.15) is 0 Å². The summed E-state index contributed by atoms with van der Waals surface area (Å²) in [5, 5.41) is 2.95. The van der Waals surface area contributed by atoms with Crippen molar-refractivity contribution in [1.82, 2.24) is 4.98 Å². The number of aromatic nitrogens is 1. The zero-order valence-corrected chi connectivity index (χ0v) is 12.2. The summed E-state index contributed by atoms with van der Waals surface area (Å²) in [6.07, 6.45) is -2.63. The van der Waals surface area contributed by atoms with Crippen LogP contribution in [0.15, 0.2) is 41.0 Å². The molecule has 0 atom stereocenters. The molecule has 0 saturated heterocycles. The van der Waals surface area contributed by atoms with Gasteiger partial charge in [0.25, 0.3) is 0 Å². The fourth-order valence-corrected chi connectivity index (χ4v) is 2.01. The zero-order chi connectivity index (χ0) is 14.8. The third kappa shape index (κ3) is 3.72. The van der Waals surface area contributed by atoms with Gasteiger partial charge in [-0.2, -0.15) is 13.2 Å². The first kappa shape index (κ1) is 14.8. The van der Waals surface area contributed by atoms with Crippen LogP contribution in [0.5, 0.6) is 0 Å². The fourth-order valence-electron chi connectivity index (χ4n) is 1.63. The number of nitrogens with one attached hydrogen (secondary N) is 1. The molecule has 0 aliphatic carbocycles. The molecule has 0 aliphatic rings. The van der Waals surface area contributed by atoms with Crippen molar-refractivity contribution in [1.29, 1.82) is 0 Å². The van der Waals surface area contributed by atoms with E-state index in [1.165, 1.54) is 6.07 Å². The summed E-state index contributed by atoms with van der Waals surface area (Å²) in [5.74, 6) is 0. The van der Waals surface area contributed by atoms with Gasteiger partial charge in [-0.1, -0.05) is 6.07 Å². The van der Waals surface area contributed by atoms with Crippen LogP contribution in [-0.2, 0) is 12.7 Å². The minimum atomic E-state index is -4.35. The quantitative estimate of drug-likeness (QED) is 0.866. The first-order valence-electron chi connectivity index (χ1n) is 5.88. The number of alkyl halides is 3. The minimum Gasteiger partial charge on any atom is -0.378 e. The van der Waals surface area contributed by atoms with Crippen molar-refractivity contribution in [3.63, 3.8) is 0 Å². The molecule has 6 heteroatoms. The molecular weight excluding hydrogens is 333 g/mol. The van der Waals surface area contributed by atoms with E-state index in [-0.39, 0.29) is 0 Å². The van der Waals surface area contributed by atoms with Crippen molar-refractivity contribution in [3.8, 4) is 0 Å². The molecule has 106 valence electrons. The van der Waals surface area contributed by atoms with Gasteiger partial charge < -0.3 is 5.32 Å². The topological polar surface area (TPSA) is 24.9 Å². The summed E-state index contributed by atoms with van der Waals surface area (Å²) in [6.45, 7) is 2.29. The van der Waals surface area contributed by atoms with Crippen LogP contribution in [0.4, 0.5) is 18.9 Å². The van der Waals surface area contributed by atoms with E-state index in [0.717, 1.165) is 23.4 Å². The van der Waals surface area contributed by atoms with Crippen molar-refractivity contribution >= 4 is 21.6 Å². The molecule has 0 radical (unpaired) electrons. The van der Waals surface area contributed by atoms with Gasteiger partial charge in [0.15, 0.2) is 0 Å². The van der Waals surface area contributed by atoms with Gasteiger partial charge in [0.2, 0.25) is 0 Å². The molecule has 0 aliphatic heterocycles. The number of hydrogen-bond acceptors (Lipinski definition) is 2. The normalized spacial score (nSPS) is 11.4. The van der Waals surface area contributed by atoms with Crippen LogP contribution in [0.1, 0.15) is 16.8 Å². The van der Waals surface area contributed by atoms with E-state index >= 15 is 0 Å². The summed E-state index contributed by atoms with van der Waals surface area (Å²) in [7, 11) is 0. The molecule has 1 heterocycles. The highest BCUT2D eigenvalue weighted by molar-refractivity contribution is 9.10. The molecule has 0 fully saturated rings. The van der Waals surface area contributed by atoms with Gasteiger partial charge >= 0.3 is 6.18 Å². The van der Waals surface area contributed by atoms with Crippen LogP contribution in [0.2, 0.25) is 0 Å². The van der Waals surface area contributed by atoms with Gasteiger partial charge in [0, 0.05) is 16.4 Å². The maximum Gasteiger partial charge on any atom is 0.416 e. The molecule has 1 aromatic heterocycles. The molecule has 0 unspecified atom stereocenters. The van der Waals surface area contributed by atoms with E-state index in [1.54, 1.807) is 6.20 Å². The van der Waals surface area contributed by atoms with Gasteiger partial charge in [-0.25, -0.2) is 0 Å². The summed E-state index contributed by atoms with van der Waals surface area (Å²) in [4.78, 5) is 4.19. The number of rotatable bonds is 3. The lowest BCUT2D eigenvalue weighted by Crippen LogP contribution is -2.07. The Morgan fingerprint density at radius 3 is 2.55 bits per heavy atom. The summed E-state index contributed by atoms with van der Waals surface area (Å²) < 4.78 is 38.5. The van der Waals surface area contributed by atoms with Crippen LogP contribution in [0.3, 0.4) is 0 Å². The Morgan fingerprint density at radius 1 is 1.20 bits per heavy atom. The van der Waals surface area contributed by atoms with Crippen molar-refractivity contribution < 1.29 is 13.2 Å². The maximum atomic E-state index is 12.7. The predicted octanol–water partition coefficient (Wildman–Crippen LogP) is 4.78. The number of anilines is 1. The average Bonchev–Trinajstić information content (AvgIpc) is 2.38. The van der Waals surface area contributed by atoms with E-state index < -0.39 is 11.7 Å². The van der Waals surface area contributed by atoms with Crippen LogP contribution < -0.4 is 5.32 Å². The van der Waals surface area contributed by atoms with Crippen LogP contribution >= 0.6 is 15.9 Å². The Morgan fingerprint density at radius 2 is 1.95 bits per heavy atom. The Labute approximate surface area is 123 Å². The van der Waals surface area contributed by atoms with E-state index in [9.17, 15) is 13.2 Å². The number of nitrogens with zero attached hydrogens (tertiary/aromatic N) is 1. The van der Waals surface area contributed by atoms with E-state index in [4.69, 9.17) is 0 Å². The summed E-state index contributed by atoms with van der Waals surface area (Å²) in [5.41, 5.74) is 1.51. The van der Waals surface area contributed by atoms with Crippen molar-refractivity contribution in [2.24, 2.45) is 0 Å². The largest absolute Gasteiger partial charge is 0.416 e. The van der Waals surface area contributed by atoms with Crippen LogP contribution in [0.25, 0.3) is 0 Å². The van der Waals surface area contributed by atoms with E-state index in [2.05, 4.69) is 26.2 Å². The highest BCUT2D eigenvalue weighted by Crippen LogP contribution is 2.34.